The predicted octanol–water partition coefficient (Wildman–Crippen LogP) is 0.828. The van der Waals surface area contributed by atoms with Crippen molar-refractivity contribution >= 4 is 22.0 Å². The molecule has 8 nitrogen and oxygen atoms in total. The fourth-order valence-corrected chi connectivity index (χ4v) is 4.87. The minimum Gasteiger partial charge on any atom is -0.450 e. The van der Waals surface area contributed by atoms with Crippen molar-refractivity contribution in [2.24, 2.45) is 0 Å². The predicted molar refractivity (Wildman–Crippen MR) is 99.3 cm³/mol. The van der Waals surface area contributed by atoms with Crippen LogP contribution in [-0.4, -0.2) is 87.0 Å². The van der Waals surface area contributed by atoms with Gasteiger partial charge in [0, 0.05) is 58.0 Å². The quantitative estimate of drug-likeness (QED) is 0.771. The Morgan fingerprint density at radius 2 is 1.46 bits per heavy atom. The first kappa shape index (κ1) is 18.9. The second-order valence-electron chi connectivity index (χ2n) is 6.31. The van der Waals surface area contributed by atoms with Gasteiger partial charge in [-0.25, -0.2) is 4.79 Å². The number of ether oxygens (including phenoxy) is 1. The number of carbonyl (C=O) groups excluding carboxylic acids is 1. The van der Waals surface area contributed by atoms with E-state index < -0.39 is 10.2 Å². The van der Waals surface area contributed by atoms with E-state index in [1.165, 1.54) is 4.31 Å². The maximum atomic E-state index is 12.9. The van der Waals surface area contributed by atoms with Crippen molar-refractivity contribution in [2.75, 3.05) is 63.9 Å². The summed E-state index contributed by atoms with van der Waals surface area (Å²) in [4.78, 5) is 15.5. The van der Waals surface area contributed by atoms with Gasteiger partial charge in [-0.2, -0.15) is 17.0 Å². The molecule has 2 aliphatic heterocycles. The molecule has 9 heteroatoms. The molecule has 26 heavy (non-hydrogen) atoms. The smallest absolute Gasteiger partial charge is 0.409 e. The fourth-order valence-electron chi connectivity index (χ4n) is 3.30. The number of nitrogens with zero attached hydrogens (tertiary/aromatic N) is 4. The van der Waals surface area contributed by atoms with Gasteiger partial charge >= 0.3 is 6.09 Å². The number of amides is 1. The minimum atomic E-state index is -3.49. The summed E-state index contributed by atoms with van der Waals surface area (Å²) in [5.74, 6) is 0. The van der Waals surface area contributed by atoms with E-state index >= 15 is 0 Å². The minimum absolute atomic E-state index is 0.306. The lowest BCUT2D eigenvalue weighted by Gasteiger charge is -2.40. The number of rotatable bonds is 4. The van der Waals surface area contributed by atoms with Crippen molar-refractivity contribution in [2.45, 2.75) is 6.92 Å². The molecular formula is C17H26N4O4S. The van der Waals surface area contributed by atoms with Crippen molar-refractivity contribution in [3.63, 3.8) is 0 Å². The van der Waals surface area contributed by atoms with Gasteiger partial charge in [-0.15, -0.1) is 0 Å². The van der Waals surface area contributed by atoms with Gasteiger partial charge in [-0.3, -0.25) is 0 Å². The van der Waals surface area contributed by atoms with Gasteiger partial charge in [-0.05, 0) is 19.1 Å². The highest BCUT2D eigenvalue weighted by Crippen LogP contribution is 2.19. The van der Waals surface area contributed by atoms with E-state index in [2.05, 4.69) is 4.90 Å². The Bertz CT molecular complexity index is 697. The third-order valence-electron chi connectivity index (χ3n) is 4.78. The highest BCUT2D eigenvalue weighted by Gasteiger charge is 2.35. The molecule has 0 spiro atoms. The van der Waals surface area contributed by atoms with Gasteiger partial charge in [0.2, 0.25) is 0 Å². The first-order valence-electron chi connectivity index (χ1n) is 8.99. The number of hydrogen-bond donors (Lipinski definition) is 0. The summed E-state index contributed by atoms with van der Waals surface area (Å²) in [7, 11) is -3.49. The van der Waals surface area contributed by atoms with Crippen LogP contribution in [0.15, 0.2) is 30.3 Å². The third-order valence-corrected chi connectivity index (χ3v) is 6.81. The maximum absolute atomic E-state index is 12.9. The van der Waals surface area contributed by atoms with Gasteiger partial charge in [0.25, 0.3) is 10.2 Å². The summed E-state index contributed by atoms with van der Waals surface area (Å²) in [6.45, 7) is 5.70. The van der Waals surface area contributed by atoms with Crippen LogP contribution >= 0.6 is 0 Å². The summed E-state index contributed by atoms with van der Waals surface area (Å²) in [6, 6.07) is 10.0. The van der Waals surface area contributed by atoms with Crippen LogP contribution in [0, 0.1) is 0 Å². The molecule has 0 atom stereocenters. The van der Waals surface area contributed by atoms with Crippen LogP contribution in [0.3, 0.4) is 0 Å². The maximum Gasteiger partial charge on any atom is 0.409 e. The Kier molecular flexibility index (Phi) is 6.00. The molecule has 144 valence electrons. The number of piperazine rings is 2. The van der Waals surface area contributed by atoms with Gasteiger partial charge in [0.1, 0.15) is 0 Å². The highest BCUT2D eigenvalue weighted by atomic mass is 32.2. The van der Waals surface area contributed by atoms with Crippen molar-refractivity contribution in [1.29, 1.82) is 0 Å². The number of benzene rings is 1. The summed E-state index contributed by atoms with van der Waals surface area (Å²) >= 11 is 0. The average Bonchev–Trinajstić information content (AvgIpc) is 2.69. The molecule has 2 saturated heterocycles. The molecule has 0 bridgehead atoms. The largest absolute Gasteiger partial charge is 0.450 e. The summed E-state index contributed by atoms with van der Waals surface area (Å²) < 4.78 is 33.8. The number of carbonyl (C=O) groups is 1. The van der Waals surface area contributed by atoms with E-state index in [0.717, 1.165) is 5.69 Å². The molecule has 1 amide bonds. The van der Waals surface area contributed by atoms with Crippen LogP contribution in [0.4, 0.5) is 10.5 Å². The third kappa shape index (κ3) is 4.11. The Balaban J connectivity index is 1.54. The van der Waals surface area contributed by atoms with Gasteiger partial charge in [0.15, 0.2) is 0 Å². The van der Waals surface area contributed by atoms with E-state index in [9.17, 15) is 13.2 Å². The Morgan fingerprint density at radius 1 is 0.923 bits per heavy atom. The van der Waals surface area contributed by atoms with Crippen molar-refractivity contribution in [1.82, 2.24) is 13.5 Å². The zero-order valence-electron chi connectivity index (χ0n) is 15.1. The molecule has 0 aromatic heterocycles. The molecule has 1 aromatic rings. The molecule has 0 radical (unpaired) electrons. The van der Waals surface area contributed by atoms with Gasteiger partial charge < -0.3 is 14.5 Å². The molecule has 2 aliphatic rings. The van der Waals surface area contributed by atoms with E-state index in [-0.39, 0.29) is 6.09 Å². The van der Waals surface area contributed by atoms with Crippen LogP contribution in [0.25, 0.3) is 0 Å². The van der Waals surface area contributed by atoms with Crippen LogP contribution in [-0.2, 0) is 14.9 Å². The SMILES string of the molecule is CCOC(=O)N1CCN(S(=O)(=O)N2CCN(c3ccccc3)CC2)CC1. The Morgan fingerprint density at radius 3 is 2.00 bits per heavy atom. The molecule has 0 unspecified atom stereocenters. The van der Waals surface area contributed by atoms with Crippen LogP contribution < -0.4 is 4.90 Å². The second kappa shape index (κ2) is 8.24. The molecule has 2 fully saturated rings. The van der Waals surface area contributed by atoms with Crippen LogP contribution in [0.1, 0.15) is 6.92 Å². The molecule has 0 aliphatic carbocycles. The monoisotopic (exact) mass is 382 g/mol. The zero-order valence-corrected chi connectivity index (χ0v) is 15.9. The lowest BCUT2D eigenvalue weighted by Crippen LogP contribution is -2.57. The van der Waals surface area contributed by atoms with Crippen molar-refractivity contribution < 1.29 is 17.9 Å². The molecule has 3 rings (SSSR count). The summed E-state index contributed by atoms with van der Waals surface area (Å²) in [6.07, 6.45) is -0.374. The van der Waals surface area contributed by atoms with E-state index in [1.54, 1.807) is 16.1 Å². The van der Waals surface area contributed by atoms with Crippen LogP contribution in [0.2, 0.25) is 0 Å². The summed E-state index contributed by atoms with van der Waals surface area (Å²) in [5, 5.41) is 0. The van der Waals surface area contributed by atoms with Gasteiger partial charge in [-0.1, -0.05) is 18.2 Å². The number of hydrogen-bond acceptors (Lipinski definition) is 5. The van der Waals surface area contributed by atoms with Crippen molar-refractivity contribution in [3.05, 3.63) is 30.3 Å². The Labute approximate surface area is 155 Å². The van der Waals surface area contributed by atoms with E-state index in [0.29, 0.717) is 59.0 Å². The van der Waals surface area contributed by atoms with E-state index in [4.69, 9.17) is 4.74 Å². The first-order chi connectivity index (χ1) is 12.5. The average molecular weight is 382 g/mol. The van der Waals surface area contributed by atoms with Crippen LogP contribution in [0.5, 0.6) is 0 Å². The van der Waals surface area contributed by atoms with Gasteiger partial charge in [0.05, 0.1) is 6.61 Å². The normalized spacial score (nSPS) is 20.2. The molecule has 2 heterocycles. The first-order valence-corrected chi connectivity index (χ1v) is 10.4. The molecule has 1 aromatic carbocycles. The Hall–Kier alpha value is -1.84. The zero-order chi connectivity index (χ0) is 18.6. The second-order valence-corrected chi connectivity index (χ2v) is 8.24. The summed E-state index contributed by atoms with van der Waals surface area (Å²) in [5.41, 5.74) is 1.12. The topological polar surface area (TPSA) is 73.4 Å². The lowest BCUT2D eigenvalue weighted by molar-refractivity contribution is 0.0923. The van der Waals surface area contributed by atoms with Crippen molar-refractivity contribution in [3.8, 4) is 0 Å². The standard InChI is InChI=1S/C17H26N4O4S/c1-2-25-17(22)19-10-14-21(15-11-19)26(23,24)20-12-8-18(9-13-20)16-6-4-3-5-7-16/h3-7H,2,8-15H2,1H3. The number of para-hydroxylation sites is 1. The number of anilines is 1. The molecule has 0 saturated carbocycles. The fraction of sp³-hybridized carbons (Fsp3) is 0.588. The molecule has 0 N–H and O–H groups in total. The molecular weight excluding hydrogens is 356 g/mol. The lowest BCUT2D eigenvalue weighted by atomic mass is 10.2. The highest BCUT2D eigenvalue weighted by molar-refractivity contribution is 7.86. The van der Waals surface area contributed by atoms with E-state index in [1.807, 2.05) is 30.3 Å².